The molecule has 4 nitrogen and oxygen atoms in total. The molecule has 4 aliphatic rings. The summed E-state index contributed by atoms with van der Waals surface area (Å²) in [6.07, 6.45) is 16.1. The molecule has 0 spiro atoms. The SMILES string of the molecule is CC(C)CCC[C@@H](C)[C@H]1CC[C@H]2[C@@H]3CC=C4C[C@@H](OC(=O)c5cc(N)ccc5O)CC[C@]4(C)[C@H]3CC[C@]12C. The number of carbonyl (C=O) groups excluding carboxylic acids is 1. The Labute approximate surface area is 230 Å². The number of benzene rings is 1. The largest absolute Gasteiger partial charge is 0.507 e. The number of hydrogen-bond acceptors (Lipinski definition) is 4. The molecule has 4 heteroatoms. The Kier molecular flexibility index (Phi) is 7.66. The van der Waals surface area contributed by atoms with Gasteiger partial charge in [-0.05, 0) is 109 Å². The van der Waals surface area contributed by atoms with Crippen molar-refractivity contribution < 1.29 is 14.6 Å². The summed E-state index contributed by atoms with van der Waals surface area (Å²) in [6, 6.07) is 4.56. The van der Waals surface area contributed by atoms with Crippen molar-refractivity contribution in [2.75, 3.05) is 5.73 Å². The molecule has 1 aromatic rings. The number of nitrogen functional groups attached to an aromatic ring is 1. The van der Waals surface area contributed by atoms with Gasteiger partial charge in [0.1, 0.15) is 17.4 Å². The first-order chi connectivity index (χ1) is 18.0. The van der Waals surface area contributed by atoms with Crippen LogP contribution in [-0.4, -0.2) is 17.2 Å². The normalized spacial score (nSPS) is 37.1. The second-order valence-electron chi connectivity index (χ2n) is 14.3. The number of esters is 1. The van der Waals surface area contributed by atoms with Crippen LogP contribution in [0.15, 0.2) is 29.8 Å². The van der Waals surface area contributed by atoms with Crippen LogP contribution in [0.3, 0.4) is 0 Å². The van der Waals surface area contributed by atoms with Crippen molar-refractivity contribution in [3.63, 3.8) is 0 Å². The number of ether oxygens (including phenoxy) is 1. The highest BCUT2D eigenvalue weighted by molar-refractivity contribution is 5.93. The second-order valence-corrected chi connectivity index (χ2v) is 14.3. The van der Waals surface area contributed by atoms with E-state index in [2.05, 4.69) is 40.7 Å². The van der Waals surface area contributed by atoms with Crippen molar-refractivity contribution in [3.8, 4) is 5.75 Å². The van der Waals surface area contributed by atoms with Gasteiger partial charge in [0.15, 0.2) is 0 Å². The predicted molar refractivity (Wildman–Crippen MR) is 155 cm³/mol. The number of phenolic OH excluding ortho intramolecular Hbond substituents is 1. The minimum atomic E-state index is -0.467. The van der Waals surface area contributed by atoms with Gasteiger partial charge in [-0.3, -0.25) is 0 Å². The van der Waals surface area contributed by atoms with E-state index >= 15 is 0 Å². The molecular formula is C34H51NO3. The van der Waals surface area contributed by atoms with Crippen LogP contribution < -0.4 is 5.73 Å². The first-order valence-corrected chi connectivity index (χ1v) is 15.5. The van der Waals surface area contributed by atoms with Crippen LogP contribution in [0.1, 0.15) is 116 Å². The maximum atomic E-state index is 12.8. The summed E-state index contributed by atoms with van der Waals surface area (Å²) >= 11 is 0. The summed E-state index contributed by atoms with van der Waals surface area (Å²) in [5, 5.41) is 10.1. The van der Waals surface area contributed by atoms with Gasteiger partial charge >= 0.3 is 5.97 Å². The first kappa shape index (κ1) is 27.6. The van der Waals surface area contributed by atoms with Crippen LogP contribution in [0.4, 0.5) is 5.69 Å². The van der Waals surface area contributed by atoms with Crippen molar-refractivity contribution >= 4 is 11.7 Å². The molecular weight excluding hydrogens is 470 g/mol. The number of hydrogen-bond donors (Lipinski definition) is 2. The summed E-state index contributed by atoms with van der Waals surface area (Å²) < 4.78 is 5.92. The van der Waals surface area contributed by atoms with Gasteiger partial charge in [-0.25, -0.2) is 4.79 Å². The number of rotatable bonds is 7. The average molecular weight is 522 g/mol. The topological polar surface area (TPSA) is 72.5 Å². The van der Waals surface area contributed by atoms with Gasteiger partial charge in [0.25, 0.3) is 0 Å². The lowest BCUT2D eigenvalue weighted by atomic mass is 9.47. The van der Waals surface area contributed by atoms with E-state index in [0.29, 0.717) is 11.1 Å². The van der Waals surface area contributed by atoms with Crippen molar-refractivity contribution in [2.45, 2.75) is 111 Å². The zero-order valence-electron chi connectivity index (χ0n) is 24.5. The zero-order chi connectivity index (χ0) is 27.2. The highest BCUT2D eigenvalue weighted by Gasteiger charge is 2.59. The van der Waals surface area contributed by atoms with Crippen molar-refractivity contribution in [2.24, 2.45) is 46.3 Å². The molecule has 0 bridgehead atoms. The summed E-state index contributed by atoms with van der Waals surface area (Å²) in [7, 11) is 0. The van der Waals surface area contributed by atoms with E-state index in [-0.39, 0.29) is 22.8 Å². The average Bonchev–Trinajstić information content (AvgIpc) is 3.22. The maximum absolute atomic E-state index is 12.8. The lowest BCUT2D eigenvalue weighted by Crippen LogP contribution is -2.51. The first-order valence-electron chi connectivity index (χ1n) is 15.5. The third kappa shape index (κ3) is 4.90. The maximum Gasteiger partial charge on any atom is 0.342 e. The fourth-order valence-corrected chi connectivity index (χ4v) is 9.68. The minimum absolute atomic E-state index is 0.0704. The predicted octanol–water partition coefficient (Wildman–Crippen LogP) is 8.54. The molecule has 0 aliphatic heterocycles. The van der Waals surface area contributed by atoms with Crippen molar-refractivity contribution in [1.29, 1.82) is 0 Å². The van der Waals surface area contributed by atoms with E-state index in [1.807, 2.05) is 0 Å². The van der Waals surface area contributed by atoms with Gasteiger partial charge in [-0.15, -0.1) is 0 Å². The van der Waals surface area contributed by atoms with Crippen molar-refractivity contribution in [3.05, 3.63) is 35.4 Å². The summed E-state index contributed by atoms with van der Waals surface area (Å²) in [6.45, 7) is 12.4. The van der Waals surface area contributed by atoms with E-state index in [9.17, 15) is 9.90 Å². The minimum Gasteiger partial charge on any atom is -0.507 e. The van der Waals surface area contributed by atoms with E-state index < -0.39 is 5.97 Å². The summed E-state index contributed by atoms with van der Waals surface area (Å²) in [4.78, 5) is 12.8. The summed E-state index contributed by atoms with van der Waals surface area (Å²) in [5.41, 5.74) is 8.71. The van der Waals surface area contributed by atoms with Crippen molar-refractivity contribution in [1.82, 2.24) is 0 Å². The molecule has 0 heterocycles. The molecule has 0 radical (unpaired) electrons. The van der Waals surface area contributed by atoms with E-state index in [1.54, 1.807) is 6.07 Å². The monoisotopic (exact) mass is 521 g/mol. The Bertz CT molecular complexity index is 1060. The lowest BCUT2D eigenvalue weighted by molar-refractivity contribution is -0.0594. The number of anilines is 1. The highest BCUT2D eigenvalue weighted by atomic mass is 16.5. The number of aromatic hydroxyl groups is 1. The second kappa shape index (κ2) is 10.5. The van der Waals surface area contributed by atoms with Gasteiger partial charge in [-0.2, -0.15) is 0 Å². The number of allylic oxidation sites excluding steroid dienone is 1. The third-order valence-electron chi connectivity index (χ3n) is 11.8. The molecule has 3 N–H and O–H groups in total. The highest BCUT2D eigenvalue weighted by Crippen LogP contribution is 2.67. The Morgan fingerprint density at radius 1 is 1.08 bits per heavy atom. The molecule has 0 saturated heterocycles. The van der Waals surface area contributed by atoms with Gasteiger partial charge < -0.3 is 15.6 Å². The van der Waals surface area contributed by atoms with E-state index in [1.165, 1.54) is 69.1 Å². The molecule has 3 fully saturated rings. The van der Waals surface area contributed by atoms with Crippen LogP contribution in [0.5, 0.6) is 5.75 Å². The molecule has 0 unspecified atom stereocenters. The number of nitrogens with two attached hydrogens (primary N) is 1. The number of carbonyl (C=O) groups is 1. The van der Waals surface area contributed by atoms with Crippen LogP contribution in [-0.2, 0) is 4.74 Å². The molecule has 4 aliphatic carbocycles. The van der Waals surface area contributed by atoms with Crippen LogP contribution in [0, 0.1) is 46.3 Å². The molecule has 3 saturated carbocycles. The van der Waals surface area contributed by atoms with Crippen LogP contribution >= 0.6 is 0 Å². The van der Waals surface area contributed by atoms with Crippen LogP contribution in [0.2, 0.25) is 0 Å². The fraction of sp³-hybridized carbons (Fsp3) is 0.735. The third-order valence-corrected chi connectivity index (χ3v) is 11.8. The zero-order valence-corrected chi connectivity index (χ0v) is 24.5. The smallest absolute Gasteiger partial charge is 0.342 e. The lowest BCUT2D eigenvalue weighted by Gasteiger charge is -2.58. The Balaban J connectivity index is 1.26. The standard InChI is InChI=1S/C34H51NO3/c1-21(2)7-6-8-22(3)28-12-13-29-26-11-9-23-19-25(38-32(37)27-20-24(35)10-14-31(27)36)15-17-33(23,4)30(26)16-18-34(28,29)5/h9-10,14,20-22,25-26,28-30,36H,6-8,11-13,15-19,35H2,1-5H3/t22-,25+,26+,28-,29+,30+,33+,34-/m1/s1. The quantitative estimate of drug-likeness (QED) is 0.163. The molecule has 8 atom stereocenters. The van der Waals surface area contributed by atoms with Gasteiger partial charge in [-0.1, -0.05) is 65.5 Å². The van der Waals surface area contributed by atoms with Crippen LogP contribution in [0.25, 0.3) is 0 Å². The Morgan fingerprint density at radius 3 is 2.63 bits per heavy atom. The molecule has 0 amide bonds. The molecule has 0 aromatic heterocycles. The van der Waals surface area contributed by atoms with E-state index in [4.69, 9.17) is 10.5 Å². The molecule has 5 rings (SSSR count). The molecule has 210 valence electrons. The molecule has 1 aromatic carbocycles. The Morgan fingerprint density at radius 2 is 1.87 bits per heavy atom. The fourth-order valence-electron chi connectivity index (χ4n) is 9.68. The number of phenols is 1. The van der Waals surface area contributed by atoms with E-state index in [0.717, 1.165) is 54.8 Å². The van der Waals surface area contributed by atoms with Gasteiger partial charge in [0.05, 0.1) is 0 Å². The number of fused-ring (bicyclic) bond motifs is 5. The van der Waals surface area contributed by atoms with Gasteiger partial charge in [0, 0.05) is 12.1 Å². The molecule has 38 heavy (non-hydrogen) atoms. The van der Waals surface area contributed by atoms with Gasteiger partial charge in [0.2, 0.25) is 0 Å². The summed E-state index contributed by atoms with van der Waals surface area (Å²) in [5.74, 6) is 4.42. The Hall–Kier alpha value is -1.97.